The van der Waals surface area contributed by atoms with Crippen LogP contribution in [0, 0.1) is 5.92 Å². The largest absolute Gasteiger partial charge is 0.298 e. The number of carbonyl (C=O) groups excluding carboxylic acids is 1. The van der Waals surface area contributed by atoms with Gasteiger partial charge in [-0.25, -0.2) is 0 Å². The SMILES string of the molecule is O=C(CC1CCCCC1)C1CSCCS1. The van der Waals surface area contributed by atoms with Crippen molar-refractivity contribution in [2.24, 2.45) is 5.92 Å². The van der Waals surface area contributed by atoms with Gasteiger partial charge in [0.15, 0.2) is 0 Å². The van der Waals surface area contributed by atoms with Crippen molar-refractivity contribution in [3.8, 4) is 0 Å². The first kappa shape index (κ1) is 11.8. The number of hydrogen-bond acceptors (Lipinski definition) is 3. The van der Waals surface area contributed by atoms with E-state index in [1.807, 2.05) is 23.5 Å². The molecule has 0 amide bonds. The molecule has 2 rings (SSSR count). The van der Waals surface area contributed by atoms with Crippen molar-refractivity contribution in [2.75, 3.05) is 17.3 Å². The molecule has 0 aromatic heterocycles. The van der Waals surface area contributed by atoms with Gasteiger partial charge in [-0.1, -0.05) is 32.1 Å². The van der Waals surface area contributed by atoms with E-state index in [0.717, 1.165) is 18.1 Å². The van der Waals surface area contributed by atoms with E-state index >= 15 is 0 Å². The molecule has 1 aliphatic heterocycles. The molecule has 1 atom stereocenters. The van der Waals surface area contributed by atoms with Crippen LogP contribution in [0.25, 0.3) is 0 Å². The Morgan fingerprint density at radius 1 is 1.13 bits per heavy atom. The lowest BCUT2D eigenvalue weighted by molar-refractivity contribution is -0.119. The quantitative estimate of drug-likeness (QED) is 0.757. The van der Waals surface area contributed by atoms with Gasteiger partial charge < -0.3 is 0 Å². The van der Waals surface area contributed by atoms with E-state index in [1.54, 1.807) is 0 Å². The van der Waals surface area contributed by atoms with Crippen LogP contribution in [-0.4, -0.2) is 28.3 Å². The summed E-state index contributed by atoms with van der Waals surface area (Å²) in [6, 6.07) is 0. The number of Topliss-reactive ketones (excluding diaryl/α,β-unsaturated/α-hetero) is 1. The molecule has 0 bridgehead atoms. The van der Waals surface area contributed by atoms with Gasteiger partial charge in [0, 0.05) is 23.7 Å². The van der Waals surface area contributed by atoms with Crippen LogP contribution in [0.4, 0.5) is 0 Å². The predicted molar refractivity (Wildman–Crippen MR) is 69.8 cm³/mol. The molecular formula is C12H20OS2. The molecular weight excluding hydrogens is 224 g/mol. The lowest BCUT2D eigenvalue weighted by Crippen LogP contribution is -2.26. The van der Waals surface area contributed by atoms with Gasteiger partial charge in [-0.2, -0.15) is 11.8 Å². The summed E-state index contributed by atoms with van der Waals surface area (Å²) < 4.78 is 0. The zero-order valence-electron chi connectivity index (χ0n) is 9.24. The standard InChI is InChI=1S/C12H20OS2/c13-11(12-9-14-6-7-15-12)8-10-4-2-1-3-5-10/h10,12H,1-9H2. The van der Waals surface area contributed by atoms with Crippen LogP contribution in [-0.2, 0) is 4.79 Å². The highest BCUT2D eigenvalue weighted by molar-refractivity contribution is 8.07. The minimum Gasteiger partial charge on any atom is -0.298 e. The molecule has 86 valence electrons. The average Bonchev–Trinajstić information content (AvgIpc) is 2.31. The van der Waals surface area contributed by atoms with Gasteiger partial charge in [0.25, 0.3) is 0 Å². The van der Waals surface area contributed by atoms with Gasteiger partial charge in [0.2, 0.25) is 0 Å². The van der Waals surface area contributed by atoms with Crippen LogP contribution >= 0.6 is 23.5 Å². The molecule has 0 N–H and O–H groups in total. The van der Waals surface area contributed by atoms with Gasteiger partial charge in [0.05, 0.1) is 5.25 Å². The number of thioether (sulfide) groups is 2. The highest BCUT2D eigenvalue weighted by Crippen LogP contribution is 2.30. The molecule has 1 aliphatic carbocycles. The van der Waals surface area contributed by atoms with Crippen molar-refractivity contribution in [1.29, 1.82) is 0 Å². The predicted octanol–water partition coefficient (Wildman–Crippen LogP) is 3.37. The molecule has 1 heterocycles. The Morgan fingerprint density at radius 3 is 2.60 bits per heavy atom. The fraction of sp³-hybridized carbons (Fsp3) is 0.917. The minimum atomic E-state index is 0.325. The van der Waals surface area contributed by atoms with Crippen LogP contribution in [0.5, 0.6) is 0 Å². The fourth-order valence-corrected chi connectivity index (χ4v) is 5.14. The van der Waals surface area contributed by atoms with Crippen molar-refractivity contribution >= 4 is 29.3 Å². The third kappa shape index (κ3) is 3.70. The molecule has 2 aliphatic rings. The maximum Gasteiger partial charge on any atom is 0.146 e. The van der Waals surface area contributed by atoms with Crippen molar-refractivity contribution in [1.82, 2.24) is 0 Å². The second-order valence-electron chi connectivity index (χ2n) is 4.61. The molecule has 1 unspecified atom stereocenters. The van der Waals surface area contributed by atoms with Crippen LogP contribution in [0.15, 0.2) is 0 Å². The molecule has 0 aromatic rings. The monoisotopic (exact) mass is 244 g/mol. The molecule has 0 aromatic carbocycles. The Labute approximate surface area is 101 Å². The Bertz CT molecular complexity index is 206. The number of carbonyl (C=O) groups is 1. The first-order valence-electron chi connectivity index (χ1n) is 6.08. The molecule has 0 spiro atoms. The summed E-state index contributed by atoms with van der Waals surface area (Å²) in [6.45, 7) is 0. The van der Waals surface area contributed by atoms with Gasteiger partial charge in [-0.15, -0.1) is 11.8 Å². The number of ketones is 1. The van der Waals surface area contributed by atoms with Gasteiger partial charge in [0.1, 0.15) is 5.78 Å². The first-order valence-corrected chi connectivity index (χ1v) is 8.28. The minimum absolute atomic E-state index is 0.325. The number of hydrogen-bond donors (Lipinski definition) is 0. The summed E-state index contributed by atoms with van der Waals surface area (Å²) in [6.07, 6.45) is 7.57. The molecule has 1 saturated heterocycles. The summed E-state index contributed by atoms with van der Waals surface area (Å²) in [4.78, 5) is 12.0. The maximum absolute atomic E-state index is 12.0. The normalized spacial score (nSPS) is 28.9. The van der Waals surface area contributed by atoms with Crippen molar-refractivity contribution < 1.29 is 4.79 Å². The van der Waals surface area contributed by atoms with E-state index in [4.69, 9.17) is 0 Å². The van der Waals surface area contributed by atoms with E-state index in [0.29, 0.717) is 11.0 Å². The van der Waals surface area contributed by atoms with Crippen LogP contribution in [0.3, 0.4) is 0 Å². The smallest absolute Gasteiger partial charge is 0.146 e. The van der Waals surface area contributed by atoms with E-state index in [1.165, 1.54) is 43.6 Å². The molecule has 1 saturated carbocycles. The Morgan fingerprint density at radius 2 is 1.93 bits per heavy atom. The molecule has 2 fully saturated rings. The summed E-state index contributed by atoms with van der Waals surface area (Å²) in [5, 5.41) is 0.325. The van der Waals surface area contributed by atoms with Crippen molar-refractivity contribution in [2.45, 2.75) is 43.8 Å². The van der Waals surface area contributed by atoms with Crippen LogP contribution in [0.1, 0.15) is 38.5 Å². The average molecular weight is 244 g/mol. The Hall–Kier alpha value is 0.370. The summed E-state index contributed by atoms with van der Waals surface area (Å²) in [5.41, 5.74) is 0. The third-order valence-corrected chi connectivity index (χ3v) is 6.19. The Kier molecular flexibility index (Phi) is 4.89. The second-order valence-corrected chi connectivity index (χ2v) is 7.07. The highest BCUT2D eigenvalue weighted by atomic mass is 32.2. The van der Waals surface area contributed by atoms with E-state index < -0.39 is 0 Å². The summed E-state index contributed by atoms with van der Waals surface area (Å²) >= 11 is 3.84. The van der Waals surface area contributed by atoms with Gasteiger partial charge in [-0.05, 0) is 5.92 Å². The van der Waals surface area contributed by atoms with Crippen molar-refractivity contribution in [3.05, 3.63) is 0 Å². The molecule has 1 nitrogen and oxygen atoms in total. The molecule has 3 heteroatoms. The first-order chi connectivity index (χ1) is 7.36. The lowest BCUT2D eigenvalue weighted by atomic mass is 9.85. The second kappa shape index (κ2) is 6.19. The van der Waals surface area contributed by atoms with E-state index in [9.17, 15) is 4.79 Å². The zero-order chi connectivity index (χ0) is 10.5. The summed E-state index contributed by atoms with van der Waals surface area (Å²) in [5.74, 6) is 4.73. The Balaban J connectivity index is 1.74. The molecule has 15 heavy (non-hydrogen) atoms. The zero-order valence-corrected chi connectivity index (χ0v) is 10.9. The molecule has 0 radical (unpaired) electrons. The number of rotatable bonds is 3. The van der Waals surface area contributed by atoms with Gasteiger partial charge >= 0.3 is 0 Å². The van der Waals surface area contributed by atoms with Crippen molar-refractivity contribution in [3.63, 3.8) is 0 Å². The van der Waals surface area contributed by atoms with Crippen LogP contribution < -0.4 is 0 Å². The summed E-state index contributed by atoms with van der Waals surface area (Å²) in [7, 11) is 0. The lowest BCUT2D eigenvalue weighted by Gasteiger charge is -2.24. The third-order valence-electron chi connectivity index (χ3n) is 3.39. The maximum atomic E-state index is 12.0. The van der Waals surface area contributed by atoms with E-state index in [2.05, 4.69) is 0 Å². The fourth-order valence-electron chi connectivity index (χ4n) is 2.48. The van der Waals surface area contributed by atoms with Gasteiger partial charge in [-0.3, -0.25) is 4.79 Å². The van der Waals surface area contributed by atoms with E-state index in [-0.39, 0.29) is 0 Å². The van der Waals surface area contributed by atoms with Crippen LogP contribution in [0.2, 0.25) is 0 Å². The topological polar surface area (TPSA) is 17.1 Å². The highest BCUT2D eigenvalue weighted by Gasteiger charge is 2.25.